The highest BCUT2D eigenvalue weighted by Crippen LogP contribution is 2.12. The maximum absolute atomic E-state index is 12.8. The highest BCUT2D eigenvalue weighted by molar-refractivity contribution is 5.89. The second-order valence-corrected chi connectivity index (χ2v) is 3.15. The van der Waals surface area contributed by atoms with Gasteiger partial charge in [-0.05, 0) is 12.1 Å². The van der Waals surface area contributed by atoms with Crippen LogP contribution in [0.1, 0.15) is 6.42 Å². The van der Waals surface area contributed by atoms with Crippen LogP contribution >= 0.6 is 0 Å². The number of anilines is 1. The van der Waals surface area contributed by atoms with Crippen LogP contribution in [0.3, 0.4) is 0 Å². The average molecular weight is 244 g/mol. The third-order valence-electron chi connectivity index (χ3n) is 1.80. The fraction of sp³-hybridized carbons (Fsp3) is 0.200. The predicted molar refractivity (Wildman–Crippen MR) is 55.6 cm³/mol. The Morgan fingerprint density at radius 2 is 1.94 bits per heavy atom. The van der Waals surface area contributed by atoms with E-state index in [9.17, 15) is 18.4 Å². The lowest BCUT2D eigenvalue weighted by molar-refractivity contribution is -0.136. The van der Waals surface area contributed by atoms with E-state index >= 15 is 0 Å². The van der Waals surface area contributed by atoms with Gasteiger partial charge in [-0.2, -0.15) is 0 Å². The first kappa shape index (κ1) is 12.9. The van der Waals surface area contributed by atoms with Crippen molar-refractivity contribution < 1.29 is 23.5 Å². The van der Waals surface area contributed by atoms with Crippen LogP contribution in [-0.2, 0) is 4.79 Å². The Hall–Kier alpha value is -2.18. The van der Waals surface area contributed by atoms with Crippen molar-refractivity contribution in [1.82, 2.24) is 5.32 Å². The van der Waals surface area contributed by atoms with Gasteiger partial charge in [0.05, 0.1) is 6.42 Å². The van der Waals surface area contributed by atoms with E-state index in [4.69, 9.17) is 5.11 Å². The van der Waals surface area contributed by atoms with Crippen LogP contribution in [0.4, 0.5) is 19.3 Å². The first-order chi connectivity index (χ1) is 7.99. The van der Waals surface area contributed by atoms with Gasteiger partial charge in [0.2, 0.25) is 0 Å². The van der Waals surface area contributed by atoms with E-state index in [0.717, 1.165) is 12.1 Å². The number of carboxylic acid groups (broad SMARTS) is 1. The summed E-state index contributed by atoms with van der Waals surface area (Å²) < 4.78 is 25.3. The van der Waals surface area contributed by atoms with Crippen LogP contribution in [0.2, 0.25) is 0 Å². The number of halogens is 2. The predicted octanol–water partition coefficient (Wildman–Crippen LogP) is 1.56. The van der Waals surface area contributed by atoms with E-state index in [1.165, 1.54) is 6.07 Å². The summed E-state index contributed by atoms with van der Waals surface area (Å²) in [7, 11) is 0. The molecule has 1 rings (SSSR count). The third-order valence-corrected chi connectivity index (χ3v) is 1.80. The second kappa shape index (κ2) is 5.78. The summed E-state index contributed by atoms with van der Waals surface area (Å²) in [5, 5.41) is 12.8. The SMILES string of the molecule is O=C(O)CCNC(=O)Nc1ccc(F)c(F)c1. The Kier molecular flexibility index (Phi) is 4.38. The first-order valence-corrected chi connectivity index (χ1v) is 4.70. The van der Waals surface area contributed by atoms with E-state index in [0.29, 0.717) is 0 Å². The molecule has 2 amide bonds. The second-order valence-electron chi connectivity index (χ2n) is 3.15. The number of benzene rings is 1. The molecule has 0 atom stereocenters. The van der Waals surface area contributed by atoms with Gasteiger partial charge in [0.25, 0.3) is 0 Å². The highest BCUT2D eigenvalue weighted by atomic mass is 19.2. The van der Waals surface area contributed by atoms with E-state index < -0.39 is 23.6 Å². The van der Waals surface area contributed by atoms with Crippen LogP contribution in [0.25, 0.3) is 0 Å². The summed E-state index contributed by atoms with van der Waals surface area (Å²) in [6.07, 6.45) is -0.217. The van der Waals surface area contributed by atoms with Crippen molar-refractivity contribution in [2.24, 2.45) is 0 Å². The van der Waals surface area contributed by atoms with Crippen molar-refractivity contribution in [2.45, 2.75) is 6.42 Å². The molecule has 92 valence electrons. The van der Waals surface area contributed by atoms with Gasteiger partial charge in [-0.25, -0.2) is 13.6 Å². The number of carbonyl (C=O) groups is 2. The molecular formula is C10H10F2N2O3. The number of rotatable bonds is 4. The van der Waals surface area contributed by atoms with E-state index in [1.807, 2.05) is 0 Å². The molecule has 1 aromatic rings. The number of nitrogens with one attached hydrogen (secondary N) is 2. The summed E-state index contributed by atoms with van der Waals surface area (Å²) in [5.41, 5.74) is 0.0803. The molecule has 0 spiro atoms. The van der Waals surface area contributed by atoms with Crippen LogP contribution in [0.5, 0.6) is 0 Å². The van der Waals surface area contributed by atoms with Gasteiger partial charge >= 0.3 is 12.0 Å². The molecule has 3 N–H and O–H groups in total. The summed E-state index contributed by atoms with van der Waals surface area (Å²) >= 11 is 0. The smallest absolute Gasteiger partial charge is 0.319 e. The molecule has 1 aromatic carbocycles. The van der Waals surface area contributed by atoms with Crippen molar-refractivity contribution in [2.75, 3.05) is 11.9 Å². The normalized spacial score (nSPS) is 9.76. The minimum atomic E-state index is -1.08. The summed E-state index contributed by atoms with van der Waals surface area (Å²) in [6, 6.07) is 2.21. The Balaban J connectivity index is 2.45. The third kappa shape index (κ3) is 4.45. The van der Waals surface area contributed by atoms with Gasteiger partial charge in [0.1, 0.15) is 0 Å². The van der Waals surface area contributed by atoms with Crippen molar-refractivity contribution in [3.63, 3.8) is 0 Å². The molecule has 0 radical (unpaired) electrons. The Morgan fingerprint density at radius 3 is 2.53 bits per heavy atom. The van der Waals surface area contributed by atoms with Crippen LogP contribution in [-0.4, -0.2) is 23.7 Å². The highest BCUT2D eigenvalue weighted by Gasteiger charge is 2.06. The fourth-order valence-corrected chi connectivity index (χ4v) is 1.03. The summed E-state index contributed by atoms with van der Waals surface area (Å²) in [5.74, 6) is -3.13. The molecular weight excluding hydrogens is 234 g/mol. The molecule has 0 unspecified atom stereocenters. The molecule has 7 heteroatoms. The molecule has 0 saturated carbocycles. The number of amides is 2. The molecule has 0 aliphatic rings. The van der Waals surface area contributed by atoms with Gasteiger partial charge in [0.15, 0.2) is 11.6 Å². The van der Waals surface area contributed by atoms with Crippen LogP contribution < -0.4 is 10.6 Å². The zero-order chi connectivity index (χ0) is 12.8. The molecule has 0 saturated heterocycles. The number of hydrogen-bond donors (Lipinski definition) is 3. The fourth-order valence-electron chi connectivity index (χ4n) is 1.03. The van der Waals surface area contributed by atoms with Crippen molar-refractivity contribution >= 4 is 17.7 Å². The number of carbonyl (C=O) groups excluding carboxylic acids is 1. The van der Waals surface area contributed by atoms with Gasteiger partial charge in [0, 0.05) is 18.3 Å². The lowest BCUT2D eigenvalue weighted by Gasteiger charge is -2.06. The maximum atomic E-state index is 12.8. The molecule has 0 heterocycles. The Labute approximate surface area is 95.4 Å². The first-order valence-electron chi connectivity index (χ1n) is 4.70. The molecule has 0 aromatic heterocycles. The molecule has 0 aliphatic carbocycles. The van der Waals surface area contributed by atoms with Gasteiger partial charge < -0.3 is 15.7 Å². The number of hydrogen-bond acceptors (Lipinski definition) is 2. The lowest BCUT2D eigenvalue weighted by atomic mass is 10.3. The zero-order valence-electron chi connectivity index (χ0n) is 8.67. The minimum absolute atomic E-state index is 0.0508. The van der Waals surface area contributed by atoms with Crippen molar-refractivity contribution in [3.05, 3.63) is 29.8 Å². The standard InChI is InChI=1S/C10H10F2N2O3/c11-7-2-1-6(5-8(7)12)14-10(17)13-4-3-9(15)16/h1-2,5H,3-4H2,(H,15,16)(H2,13,14,17). The van der Waals surface area contributed by atoms with Crippen LogP contribution in [0.15, 0.2) is 18.2 Å². The van der Waals surface area contributed by atoms with Crippen LogP contribution in [0, 0.1) is 11.6 Å². The molecule has 0 fully saturated rings. The van der Waals surface area contributed by atoms with Gasteiger partial charge in [-0.1, -0.05) is 0 Å². The topological polar surface area (TPSA) is 78.4 Å². The van der Waals surface area contributed by atoms with Gasteiger partial charge in [-0.3, -0.25) is 4.79 Å². The molecule has 17 heavy (non-hydrogen) atoms. The monoisotopic (exact) mass is 244 g/mol. The summed E-state index contributed by atoms with van der Waals surface area (Å²) in [6.45, 7) is -0.0508. The minimum Gasteiger partial charge on any atom is -0.481 e. The number of carboxylic acids is 1. The molecule has 5 nitrogen and oxygen atoms in total. The quantitative estimate of drug-likeness (QED) is 0.752. The lowest BCUT2D eigenvalue weighted by Crippen LogP contribution is -2.30. The average Bonchev–Trinajstić information content (AvgIpc) is 2.23. The number of urea groups is 1. The Morgan fingerprint density at radius 1 is 1.24 bits per heavy atom. The molecule has 0 bridgehead atoms. The summed E-state index contributed by atoms with van der Waals surface area (Å²) in [4.78, 5) is 21.3. The van der Waals surface area contributed by atoms with E-state index in [1.54, 1.807) is 0 Å². The largest absolute Gasteiger partial charge is 0.481 e. The van der Waals surface area contributed by atoms with E-state index in [-0.39, 0.29) is 18.7 Å². The van der Waals surface area contributed by atoms with Crippen molar-refractivity contribution in [3.8, 4) is 0 Å². The van der Waals surface area contributed by atoms with Gasteiger partial charge in [-0.15, -0.1) is 0 Å². The zero-order valence-corrected chi connectivity index (χ0v) is 8.67. The van der Waals surface area contributed by atoms with Crippen molar-refractivity contribution in [1.29, 1.82) is 0 Å². The number of aliphatic carboxylic acids is 1. The maximum Gasteiger partial charge on any atom is 0.319 e. The van der Waals surface area contributed by atoms with E-state index in [2.05, 4.69) is 10.6 Å². The Bertz CT molecular complexity index is 438. The molecule has 0 aliphatic heterocycles.